The molecule has 3 amide bonds. The van der Waals surface area contributed by atoms with Gasteiger partial charge in [0.25, 0.3) is 17.2 Å². The van der Waals surface area contributed by atoms with Gasteiger partial charge in [0.1, 0.15) is 11.4 Å². The van der Waals surface area contributed by atoms with Crippen LogP contribution in [0.2, 0.25) is 0 Å². The van der Waals surface area contributed by atoms with Gasteiger partial charge in [-0.1, -0.05) is 18.2 Å². The SMILES string of the molecule is Cc1cccc(C)c1NC(=O)/C(Cc1nc2ccc([N+](=O)[O-])cc2[nH]c1=O)=N\NC(N)=O. The van der Waals surface area contributed by atoms with Crippen LogP contribution in [0.15, 0.2) is 46.3 Å². The van der Waals surface area contributed by atoms with E-state index >= 15 is 0 Å². The molecule has 0 saturated heterocycles. The molecule has 0 fully saturated rings. The standard InChI is InChI=1S/C20H19N7O5/c1-10-4-3-5-11(2)17(10)24-19(29)16(25-26-20(21)30)9-15-18(28)23-14-8-12(27(31)32)6-7-13(14)22-15/h3-8H,9H2,1-2H3,(H,23,28)(H,24,29)(H3,21,26,30)/b25-16-. The Labute approximate surface area is 180 Å². The zero-order valence-electron chi connectivity index (χ0n) is 17.1. The Bertz CT molecular complexity index is 1310. The summed E-state index contributed by atoms with van der Waals surface area (Å²) in [4.78, 5) is 53.5. The summed E-state index contributed by atoms with van der Waals surface area (Å²) in [6.07, 6.45) is -0.334. The van der Waals surface area contributed by atoms with E-state index in [9.17, 15) is 24.5 Å². The van der Waals surface area contributed by atoms with Crippen molar-refractivity contribution in [3.63, 3.8) is 0 Å². The lowest BCUT2D eigenvalue weighted by molar-refractivity contribution is -0.384. The fourth-order valence-electron chi connectivity index (χ4n) is 2.99. The van der Waals surface area contributed by atoms with E-state index in [-0.39, 0.29) is 34.5 Å². The molecule has 0 aliphatic rings. The normalized spacial score (nSPS) is 11.2. The third kappa shape index (κ3) is 4.92. The average Bonchev–Trinajstić information content (AvgIpc) is 2.73. The molecule has 2 aromatic carbocycles. The lowest BCUT2D eigenvalue weighted by Crippen LogP contribution is -2.33. The van der Waals surface area contributed by atoms with E-state index in [0.29, 0.717) is 5.69 Å². The van der Waals surface area contributed by atoms with E-state index in [1.54, 1.807) is 0 Å². The van der Waals surface area contributed by atoms with Crippen LogP contribution in [0, 0.1) is 24.0 Å². The van der Waals surface area contributed by atoms with Gasteiger partial charge < -0.3 is 16.0 Å². The van der Waals surface area contributed by atoms with E-state index in [1.807, 2.05) is 37.5 Å². The number of para-hydroxylation sites is 1. The van der Waals surface area contributed by atoms with Crippen LogP contribution >= 0.6 is 0 Å². The first kappa shape index (κ1) is 22.1. The van der Waals surface area contributed by atoms with Crippen LogP contribution in [0.3, 0.4) is 0 Å². The number of rotatable bonds is 6. The number of fused-ring (bicyclic) bond motifs is 1. The summed E-state index contributed by atoms with van der Waals surface area (Å²) in [5.41, 5.74) is 8.51. The topological polar surface area (TPSA) is 185 Å². The van der Waals surface area contributed by atoms with Crippen molar-refractivity contribution < 1.29 is 14.5 Å². The van der Waals surface area contributed by atoms with Gasteiger partial charge >= 0.3 is 6.03 Å². The van der Waals surface area contributed by atoms with E-state index in [2.05, 4.69) is 20.4 Å². The van der Waals surface area contributed by atoms with E-state index in [1.165, 1.54) is 18.2 Å². The van der Waals surface area contributed by atoms with E-state index in [4.69, 9.17) is 5.73 Å². The number of H-pyrrole nitrogens is 1. The molecule has 12 heteroatoms. The Kier molecular flexibility index (Phi) is 6.24. The molecular weight excluding hydrogens is 418 g/mol. The summed E-state index contributed by atoms with van der Waals surface area (Å²) in [5.74, 6) is -0.666. The van der Waals surface area contributed by atoms with Crippen LogP contribution in [0.5, 0.6) is 0 Å². The van der Waals surface area contributed by atoms with Crippen LogP contribution in [0.4, 0.5) is 16.2 Å². The van der Waals surface area contributed by atoms with Crippen molar-refractivity contribution >= 4 is 40.1 Å². The molecule has 0 atom stereocenters. The summed E-state index contributed by atoms with van der Waals surface area (Å²) in [6, 6.07) is 8.29. The number of hydrogen-bond donors (Lipinski definition) is 4. The number of nitro groups is 1. The summed E-state index contributed by atoms with van der Waals surface area (Å²) in [7, 11) is 0. The molecule has 0 aliphatic heterocycles. The number of aromatic nitrogens is 2. The smallest absolute Gasteiger partial charge is 0.332 e. The van der Waals surface area contributed by atoms with Gasteiger partial charge in [-0.15, -0.1) is 0 Å². The molecule has 3 rings (SSSR count). The number of hydrazone groups is 1. The highest BCUT2D eigenvalue weighted by atomic mass is 16.6. The number of carbonyl (C=O) groups excluding carboxylic acids is 2. The highest BCUT2D eigenvalue weighted by molar-refractivity contribution is 6.43. The Morgan fingerprint density at radius 2 is 1.91 bits per heavy atom. The fraction of sp³-hybridized carbons (Fsp3) is 0.150. The number of hydrogen-bond acceptors (Lipinski definition) is 7. The number of nitrogens with zero attached hydrogens (tertiary/aromatic N) is 3. The molecule has 0 spiro atoms. The second-order valence-corrected chi connectivity index (χ2v) is 6.90. The van der Waals surface area contributed by atoms with Gasteiger partial charge in [-0.05, 0) is 31.0 Å². The van der Waals surface area contributed by atoms with Gasteiger partial charge in [-0.25, -0.2) is 15.2 Å². The number of nitrogens with one attached hydrogen (secondary N) is 3. The Morgan fingerprint density at radius 3 is 2.53 bits per heavy atom. The molecule has 32 heavy (non-hydrogen) atoms. The summed E-state index contributed by atoms with van der Waals surface area (Å²) < 4.78 is 0. The number of amides is 3. The number of urea groups is 1. The minimum absolute atomic E-state index is 0.0759. The highest BCUT2D eigenvalue weighted by Gasteiger charge is 2.19. The van der Waals surface area contributed by atoms with Crippen molar-refractivity contribution in [2.24, 2.45) is 10.8 Å². The van der Waals surface area contributed by atoms with Crippen LogP contribution < -0.4 is 22.0 Å². The fourth-order valence-corrected chi connectivity index (χ4v) is 2.99. The molecule has 1 heterocycles. The number of nitro benzene ring substituents is 1. The Balaban J connectivity index is 1.96. The maximum atomic E-state index is 12.9. The molecule has 0 bridgehead atoms. The molecule has 0 unspecified atom stereocenters. The molecule has 3 aromatic rings. The summed E-state index contributed by atoms with van der Waals surface area (Å²) in [5, 5.41) is 17.4. The molecular formula is C20H19N7O5. The second-order valence-electron chi connectivity index (χ2n) is 6.90. The molecule has 0 aliphatic carbocycles. The number of aryl methyl sites for hydroxylation is 2. The summed E-state index contributed by atoms with van der Waals surface area (Å²) in [6.45, 7) is 3.63. The number of nitrogens with two attached hydrogens (primary N) is 1. The van der Waals surface area contributed by atoms with Gasteiger partial charge in [0.15, 0.2) is 0 Å². The van der Waals surface area contributed by atoms with Crippen molar-refractivity contribution in [2.45, 2.75) is 20.3 Å². The summed E-state index contributed by atoms with van der Waals surface area (Å²) >= 11 is 0. The van der Waals surface area contributed by atoms with Crippen LogP contribution in [-0.2, 0) is 11.2 Å². The van der Waals surface area contributed by atoms with Gasteiger partial charge in [-0.2, -0.15) is 5.10 Å². The van der Waals surface area contributed by atoms with E-state index in [0.717, 1.165) is 11.1 Å². The van der Waals surface area contributed by atoms with Crippen molar-refractivity contribution in [1.29, 1.82) is 0 Å². The number of anilines is 1. The van der Waals surface area contributed by atoms with Crippen molar-refractivity contribution in [3.05, 3.63) is 73.7 Å². The lowest BCUT2D eigenvalue weighted by atomic mass is 10.1. The molecule has 164 valence electrons. The largest absolute Gasteiger partial charge is 0.350 e. The third-order valence-electron chi connectivity index (χ3n) is 4.57. The van der Waals surface area contributed by atoms with Gasteiger partial charge in [0.2, 0.25) is 0 Å². The highest BCUT2D eigenvalue weighted by Crippen LogP contribution is 2.20. The number of benzene rings is 2. The Morgan fingerprint density at radius 1 is 1.22 bits per heavy atom. The molecule has 0 radical (unpaired) electrons. The van der Waals surface area contributed by atoms with Crippen LogP contribution in [0.1, 0.15) is 16.8 Å². The van der Waals surface area contributed by atoms with Gasteiger partial charge in [0, 0.05) is 24.2 Å². The van der Waals surface area contributed by atoms with Gasteiger partial charge in [0.05, 0.1) is 16.0 Å². The maximum Gasteiger partial charge on any atom is 0.332 e. The minimum Gasteiger partial charge on any atom is -0.350 e. The minimum atomic E-state index is -0.991. The molecule has 12 nitrogen and oxygen atoms in total. The van der Waals surface area contributed by atoms with Crippen molar-refractivity contribution in [3.8, 4) is 0 Å². The molecule has 5 N–H and O–H groups in total. The zero-order valence-corrected chi connectivity index (χ0v) is 17.1. The van der Waals surface area contributed by atoms with E-state index < -0.39 is 22.4 Å². The van der Waals surface area contributed by atoms with Crippen LogP contribution in [0.25, 0.3) is 11.0 Å². The van der Waals surface area contributed by atoms with Crippen molar-refractivity contribution in [2.75, 3.05) is 5.32 Å². The third-order valence-corrected chi connectivity index (χ3v) is 4.57. The monoisotopic (exact) mass is 437 g/mol. The first-order valence-corrected chi connectivity index (χ1v) is 9.32. The molecule has 0 saturated carbocycles. The maximum absolute atomic E-state index is 12.9. The average molecular weight is 437 g/mol. The number of carbonyl (C=O) groups is 2. The van der Waals surface area contributed by atoms with Gasteiger partial charge in [-0.3, -0.25) is 19.7 Å². The zero-order chi connectivity index (χ0) is 23.4. The molecule has 1 aromatic heterocycles. The lowest BCUT2D eigenvalue weighted by Gasteiger charge is -2.12. The van der Waals surface area contributed by atoms with Crippen molar-refractivity contribution in [1.82, 2.24) is 15.4 Å². The quantitative estimate of drug-likeness (QED) is 0.258. The van der Waals surface area contributed by atoms with Crippen LogP contribution in [-0.4, -0.2) is 32.5 Å². The number of primary amides is 1. The number of aromatic amines is 1. The first-order chi connectivity index (χ1) is 15.2. The number of non-ortho nitro benzene ring substituents is 1. The first-order valence-electron chi connectivity index (χ1n) is 9.32. The Hall–Kier alpha value is -4.61. The predicted octanol–water partition coefficient (Wildman–Crippen LogP) is 1.65. The second kappa shape index (κ2) is 9.04. The predicted molar refractivity (Wildman–Crippen MR) is 117 cm³/mol.